The van der Waals surface area contributed by atoms with Crippen LogP contribution < -0.4 is 21.3 Å². The summed E-state index contributed by atoms with van der Waals surface area (Å²) in [6, 6.07) is 17.5. The number of halogens is 6. The van der Waals surface area contributed by atoms with E-state index in [9.17, 15) is 28.8 Å². The van der Waals surface area contributed by atoms with Crippen LogP contribution in [-0.2, 0) is 32.0 Å². The van der Waals surface area contributed by atoms with E-state index < -0.39 is 47.3 Å². The van der Waals surface area contributed by atoms with Gasteiger partial charge < -0.3 is 21.3 Å². The molecule has 2 atom stereocenters. The molecule has 0 heterocycles. The summed E-state index contributed by atoms with van der Waals surface area (Å²) in [6.45, 7) is 5.97. The minimum absolute atomic E-state index is 0.0172. The fourth-order valence-electron chi connectivity index (χ4n) is 5.91. The number of anilines is 4. The summed E-state index contributed by atoms with van der Waals surface area (Å²) in [4.78, 5) is 78.6. The Morgan fingerprint density at radius 3 is 1.14 bits per heavy atom. The number of Topliss-reactive ketones (excluding diaryl/α,β-unsaturated/α-hetero) is 2. The van der Waals surface area contributed by atoms with Crippen LogP contribution in [0.15, 0.2) is 105 Å². The van der Waals surface area contributed by atoms with E-state index >= 15 is 0 Å². The molecular formula is C44H36Cl6N8O6. The predicted octanol–water partition coefficient (Wildman–Crippen LogP) is 12.6. The van der Waals surface area contributed by atoms with Gasteiger partial charge in [-0.05, 0) is 123 Å². The first kappa shape index (κ1) is 49.3. The lowest BCUT2D eigenvalue weighted by Gasteiger charge is -2.18. The van der Waals surface area contributed by atoms with Crippen LogP contribution in [0.25, 0.3) is 0 Å². The Morgan fingerprint density at radius 2 is 0.828 bits per heavy atom. The molecule has 20 heteroatoms. The molecule has 0 aliphatic heterocycles. The van der Waals surface area contributed by atoms with Crippen LogP contribution >= 0.6 is 69.6 Å². The zero-order valence-electron chi connectivity index (χ0n) is 34.2. The van der Waals surface area contributed by atoms with E-state index in [4.69, 9.17) is 69.6 Å². The molecule has 14 nitrogen and oxygen atoms in total. The molecular weight excluding hydrogens is 949 g/mol. The molecule has 5 aromatic rings. The fraction of sp³-hybridized carbons (Fsp3) is 0.182. The maximum atomic E-state index is 13.6. The summed E-state index contributed by atoms with van der Waals surface area (Å²) in [5.41, 5.74) is 2.80. The van der Waals surface area contributed by atoms with Crippen molar-refractivity contribution in [1.29, 1.82) is 0 Å². The number of amides is 4. The minimum Gasteiger partial charge on any atom is -0.323 e. The maximum Gasteiger partial charge on any atom is 0.258 e. The Hall–Kier alpha value is -5.74. The molecule has 0 saturated heterocycles. The zero-order chi connectivity index (χ0) is 46.8. The third-order valence-electron chi connectivity index (χ3n) is 9.09. The Kier molecular flexibility index (Phi) is 17.1. The standard InChI is InChI=1S/C44H36Cl6N8O6/c1-5-23-11-36(54-44(64)40(22(4)60)58-56-38-14-26(8-10-34(38)50)42(62)52-32-19-29(47)16-30(48)20-32)24(6-2)12-35(23)53-43(63)39(21(3)59)57-55-37-13-25(7-9-33(37)49)41(61)51-31-17-27(45)15-28(46)18-31/h7-20,39-40H,5-6H2,1-4H3,(H,51,61)(H,52,62)(H,53,63)(H,54,64). The Labute approximate surface area is 397 Å². The summed E-state index contributed by atoms with van der Waals surface area (Å²) in [5.74, 6) is -3.96. The molecule has 0 saturated carbocycles. The number of nitrogens with one attached hydrogen (secondary N) is 4. The van der Waals surface area contributed by atoms with E-state index in [2.05, 4.69) is 41.7 Å². The van der Waals surface area contributed by atoms with Crippen LogP contribution in [-0.4, -0.2) is 47.3 Å². The molecule has 330 valence electrons. The van der Waals surface area contributed by atoms with Crippen LogP contribution in [0.2, 0.25) is 30.1 Å². The first-order valence-electron chi connectivity index (χ1n) is 19.1. The number of ketones is 2. The number of carbonyl (C=O) groups is 6. The average molecular weight is 986 g/mol. The van der Waals surface area contributed by atoms with Crippen molar-refractivity contribution in [3.8, 4) is 0 Å². The first-order chi connectivity index (χ1) is 30.3. The molecule has 0 aliphatic rings. The van der Waals surface area contributed by atoms with Gasteiger partial charge in [0, 0.05) is 54.0 Å². The number of azo groups is 2. The lowest BCUT2D eigenvalue weighted by Crippen LogP contribution is -2.33. The summed E-state index contributed by atoms with van der Waals surface area (Å²) in [5, 5.41) is 28.4. The molecule has 5 aromatic carbocycles. The van der Waals surface area contributed by atoms with Crippen molar-refractivity contribution >= 4 is 139 Å². The Morgan fingerprint density at radius 1 is 0.484 bits per heavy atom. The van der Waals surface area contributed by atoms with Crippen molar-refractivity contribution in [2.45, 2.75) is 52.6 Å². The van der Waals surface area contributed by atoms with Gasteiger partial charge >= 0.3 is 0 Å². The topological polar surface area (TPSA) is 200 Å². The quantitative estimate of drug-likeness (QED) is 0.0560. The van der Waals surface area contributed by atoms with Crippen molar-refractivity contribution in [2.75, 3.05) is 21.3 Å². The van der Waals surface area contributed by atoms with Crippen LogP contribution in [0.1, 0.15) is 59.5 Å². The SMILES string of the molecule is CCc1cc(NC(=O)C(N=Nc2cc(C(=O)Nc3cc(Cl)cc(Cl)c3)ccc2Cl)C(C)=O)c(CC)cc1NC(=O)C(N=Nc1cc(C(=O)Nc2cc(Cl)cc(Cl)c2)ccc1Cl)C(C)=O. The lowest BCUT2D eigenvalue weighted by molar-refractivity contribution is -0.127. The van der Waals surface area contributed by atoms with E-state index in [1.807, 2.05) is 13.8 Å². The Balaban J connectivity index is 1.31. The molecule has 0 spiro atoms. The van der Waals surface area contributed by atoms with Crippen LogP contribution in [0.5, 0.6) is 0 Å². The highest BCUT2D eigenvalue weighted by Crippen LogP contribution is 2.32. The fourth-order valence-corrected chi connectivity index (χ4v) is 7.27. The normalized spacial score (nSPS) is 12.2. The average Bonchev–Trinajstić information content (AvgIpc) is 3.21. The van der Waals surface area contributed by atoms with E-state index in [-0.39, 0.29) is 32.5 Å². The van der Waals surface area contributed by atoms with Crippen molar-refractivity contribution in [3.63, 3.8) is 0 Å². The van der Waals surface area contributed by atoms with Gasteiger partial charge in [0.1, 0.15) is 11.4 Å². The van der Waals surface area contributed by atoms with Gasteiger partial charge in [-0.2, -0.15) is 20.5 Å². The van der Waals surface area contributed by atoms with E-state index in [0.717, 1.165) is 0 Å². The van der Waals surface area contributed by atoms with E-state index in [1.54, 1.807) is 12.1 Å². The van der Waals surface area contributed by atoms with Gasteiger partial charge in [-0.1, -0.05) is 83.5 Å². The number of hydrogen-bond acceptors (Lipinski definition) is 10. The maximum absolute atomic E-state index is 13.6. The molecule has 4 N–H and O–H groups in total. The summed E-state index contributed by atoms with van der Waals surface area (Å²) < 4.78 is 0. The molecule has 0 aliphatic carbocycles. The number of rotatable bonds is 16. The molecule has 5 rings (SSSR count). The van der Waals surface area contributed by atoms with Gasteiger partial charge in [-0.3, -0.25) is 28.8 Å². The molecule has 0 bridgehead atoms. The molecule has 4 amide bonds. The highest BCUT2D eigenvalue weighted by Gasteiger charge is 2.27. The summed E-state index contributed by atoms with van der Waals surface area (Å²) >= 11 is 36.9. The van der Waals surface area contributed by atoms with Crippen molar-refractivity contribution < 1.29 is 28.8 Å². The van der Waals surface area contributed by atoms with Crippen molar-refractivity contribution in [3.05, 3.63) is 137 Å². The van der Waals surface area contributed by atoms with E-state index in [0.29, 0.717) is 66.8 Å². The van der Waals surface area contributed by atoms with Crippen molar-refractivity contribution in [1.82, 2.24) is 0 Å². The second-order valence-electron chi connectivity index (χ2n) is 13.9. The highest BCUT2D eigenvalue weighted by molar-refractivity contribution is 6.36. The molecule has 0 fully saturated rings. The van der Waals surface area contributed by atoms with Crippen LogP contribution in [0.4, 0.5) is 34.1 Å². The number of nitrogens with zero attached hydrogens (tertiary/aromatic N) is 4. The number of carbonyl (C=O) groups excluding carboxylic acids is 6. The number of benzene rings is 5. The molecule has 0 aromatic heterocycles. The molecule has 2 unspecified atom stereocenters. The predicted molar refractivity (Wildman–Crippen MR) is 252 cm³/mol. The zero-order valence-corrected chi connectivity index (χ0v) is 38.7. The number of hydrogen-bond donors (Lipinski definition) is 4. The van der Waals surface area contributed by atoms with Gasteiger partial charge in [-0.25, -0.2) is 0 Å². The van der Waals surface area contributed by atoms with Gasteiger partial charge in [0.25, 0.3) is 23.6 Å². The van der Waals surface area contributed by atoms with Gasteiger partial charge in [0.05, 0.1) is 10.0 Å². The van der Waals surface area contributed by atoms with Gasteiger partial charge in [0.2, 0.25) is 12.1 Å². The second kappa shape index (κ2) is 22.2. The molecule has 64 heavy (non-hydrogen) atoms. The van der Waals surface area contributed by atoms with Crippen LogP contribution in [0, 0.1) is 0 Å². The van der Waals surface area contributed by atoms with E-state index in [1.165, 1.54) is 86.6 Å². The minimum atomic E-state index is -1.61. The van der Waals surface area contributed by atoms with Gasteiger partial charge in [-0.15, -0.1) is 0 Å². The largest absolute Gasteiger partial charge is 0.323 e. The Bertz CT molecular complexity index is 2520. The monoisotopic (exact) mass is 982 g/mol. The number of aryl methyl sites for hydroxylation is 2. The smallest absolute Gasteiger partial charge is 0.258 e. The third kappa shape index (κ3) is 13.2. The molecule has 0 radical (unpaired) electrons. The summed E-state index contributed by atoms with van der Waals surface area (Å²) in [7, 11) is 0. The third-order valence-corrected chi connectivity index (χ3v) is 10.6. The lowest BCUT2D eigenvalue weighted by atomic mass is 10.0. The summed E-state index contributed by atoms with van der Waals surface area (Å²) in [6.07, 6.45) is 0.729. The van der Waals surface area contributed by atoms with Crippen LogP contribution in [0.3, 0.4) is 0 Å². The van der Waals surface area contributed by atoms with Gasteiger partial charge in [0.15, 0.2) is 11.6 Å². The van der Waals surface area contributed by atoms with Crippen molar-refractivity contribution in [2.24, 2.45) is 20.5 Å². The first-order valence-corrected chi connectivity index (χ1v) is 21.4. The highest BCUT2D eigenvalue weighted by atomic mass is 35.5. The second-order valence-corrected chi connectivity index (χ2v) is 16.4.